The number of carbonyl (C=O) groups is 1. The normalized spacial score (nSPS) is 11.5. The first kappa shape index (κ1) is 17.5. The van der Waals surface area contributed by atoms with Gasteiger partial charge in [0.05, 0.1) is 32.8 Å². The predicted molar refractivity (Wildman–Crippen MR) is 107 cm³/mol. The van der Waals surface area contributed by atoms with E-state index in [0.717, 1.165) is 32.1 Å². The molecule has 0 atom stereocenters. The third-order valence-corrected chi connectivity index (χ3v) is 5.90. The van der Waals surface area contributed by atoms with Gasteiger partial charge in [0.25, 0.3) is 0 Å². The Morgan fingerprint density at radius 1 is 1.37 bits per heavy atom. The molecule has 1 amide bonds. The molecule has 4 aromatic heterocycles. The van der Waals surface area contributed by atoms with E-state index in [-0.39, 0.29) is 5.91 Å². The van der Waals surface area contributed by atoms with Crippen LogP contribution in [0.3, 0.4) is 0 Å². The topological polar surface area (TPSA) is 106 Å². The number of imidazole rings is 1. The highest BCUT2D eigenvalue weighted by Crippen LogP contribution is 2.37. The summed E-state index contributed by atoms with van der Waals surface area (Å²) in [7, 11) is 1.96. The summed E-state index contributed by atoms with van der Waals surface area (Å²) in [4.78, 5) is 24.2. The van der Waals surface area contributed by atoms with Crippen LogP contribution in [0.5, 0.6) is 0 Å². The van der Waals surface area contributed by atoms with Gasteiger partial charge in [-0.3, -0.25) is 9.89 Å². The van der Waals surface area contributed by atoms with Gasteiger partial charge in [0.15, 0.2) is 5.82 Å². The van der Waals surface area contributed by atoms with Crippen molar-refractivity contribution in [3.8, 4) is 10.6 Å². The zero-order chi connectivity index (χ0) is 19.1. The van der Waals surface area contributed by atoms with Gasteiger partial charge in [-0.05, 0) is 19.1 Å². The molecule has 0 bridgehead atoms. The number of pyridine rings is 1. The minimum atomic E-state index is 0.110. The predicted octanol–water partition coefficient (Wildman–Crippen LogP) is 2.91. The third-order valence-electron chi connectivity index (χ3n) is 4.73. The van der Waals surface area contributed by atoms with E-state index in [1.165, 1.54) is 0 Å². The molecule has 0 saturated carbocycles. The summed E-state index contributed by atoms with van der Waals surface area (Å²) < 4.78 is 3.05. The van der Waals surface area contributed by atoms with Gasteiger partial charge in [-0.1, -0.05) is 6.92 Å². The van der Waals surface area contributed by atoms with E-state index in [9.17, 15) is 4.79 Å². The lowest BCUT2D eigenvalue weighted by Crippen LogP contribution is -2.30. The molecular formula is C18H21N7OS. The Kier molecular flexibility index (Phi) is 4.31. The number of nitrogens with zero attached hydrogens (tertiary/aromatic N) is 5. The molecule has 0 fully saturated rings. The number of hydrogen-bond acceptors (Lipinski definition) is 6. The number of H-pyrrole nitrogens is 1. The smallest absolute Gasteiger partial charge is 0.222 e. The van der Waals surface area contributed by atoms with Crippen LogP contribution >= 0.6 is 11.3 Å². The number of amides is 1. The highest BCUT2D eigenvalue weighted by Gasteiger charge is 2.20. The van der Waals surface area contributed by atoms with Gasteiger partial charge in [-0.15, -0.1) is 11.3 Å². The van der Waals surface area contributed by atoms with Crippen molar-refractivity contribution in [2.45, 2.75) is 26.8 Å². The quantitative estimate of drug-likeness (QED) is 0.551. The first-order chi connectivity index (χ1) is 13.0. The molecule has 3 N–H and O–H groups in total. The second kappa shape index (κ2) is 6.66. The average molecular weight is 383 g/mol. The molecular weight excluding hydrogens is 362 g/mol. The highest BCUT2D eigenvalue weighted by molar-refractivity contribution is 7.23. The lowest BCUT2D eigenvalue weighted by molar-refractivity contribution is -0.131. The number of carbonyl (C=O) groups excluding carboxylic acids is 1. The molecule has 4 rings (SSSR count). The fourth-order valence-electron chi connectivity index (χ4n) is 3.24. The molecule has 4 heterocycles. The van der Waals surface area contributed by atoms with E-state index >= 15 is 0 Å². The van der Waals surface area contributed by atoms with E-state index in [2.05, 4.69) is 15.2 Å². The van der Waals surface area contributed by atoms with Crippen LogP contribution in [-0.4, -0.2) is 42.1 Å². The number of anilines is 1. The Balaban J connectivity index is 1.87. The number of nitrogens with two attached hydrogens (primary N) is 1. The average Bonchev–Trinajstić information content (AvgIpc) is 3.38. The summed E-state index contributed by atoms with van der Waals surface area (Å²) >= 11 is 1.63. The van der Waals surface area contributed by atoms with Gasteiger partial charge in [0.1, 0.15) is 11.3 Å². The van der Waals surface area contributed by atoms with E-state index in [1.807, 2.05) is 37.6 Å². The Labute approximate surface area is 160 Å². The van der Waals surface area contributed by atoms with Crippen LogP contribution in [0, 0.1) is 0 Å². The van der Waals surface area contributed by atoms with Crippen molar-refractivity contribution in [1.29, 1.82) is 0 Å². The third kappa shape index (κ3) is 2.84. The molecule has 0 radical (unpaired) electrons. The first-order valence-electron chi connectivity index (χ1n) is 8.85. The second-order valence-corrected chi connectivity index (χ2v) is 7.39. The minimum Gasteiger partial charge on any atom is -0.382 e. The maximum atomic E-state index is 12.1. The lowest BCUT2D eigenvalue weighted by atomic mass is 10.3. The number of nitrogens with one attached hydrogen (secondary N) is 1. The standard InChI is InChI=1S/C18H21N7OS/c1-4-14(26)25(5-2)9-13-22-15-16(24(13)3)17-11(21-18(15)19)8-12(27-17)10-6-7-20-23-10/h6-8H,4-5,9H2,1-3H3,(H2,19,21)(H,20,23). The van der Waals surface area contributed by atoms with Crippen LogP contribution in [0.1, 0.15) is 26.1 Å². The summed E-state index contributed by atoms with van der Waals surface area (Å²) in [5.74, 6) is 1.31. The number of rotatable bonds is 5. The molecule has 8 nitrogen and oxygen atoms in total. The summed E-state index contributed by atoms with van der Waals surface area (Å²) in [5.41, 5.74) is 9.60. The Bertz CT molecular complexity index is 1130. The summed E-state index contributed by atoms with van der Waals surface area (Å²) in [6, 6.07) is 3.93. The maximum Gasteiger partial charge on any atom is 0.222 e. The molecule has 0 unspecified atom stereocenters. The van der Waals surface area contributed by atoms with E-state index in [0.29, 0.717) is 30.8 Å². The Morgan fingerprint density at radius 2 is 2.19 bits per heavy atom. The van der Waals surface area contributed by atoms with Crippen molar-refractivity contribution in [3.63, 3.8) is 0 Å². The fraction of sp³-hybridized carbons (Fsp3) is 0.333. The van der Waals surface area contributed by atoms with Crippen LogP contribution in [-0.2, 0) is 18.4 Å². The first-order valence-corrected chi connectivity index (χ1v) is 9.66. The number of nitrogen functional groups attached to an aromatic ring is 1. The molecule has 0 spiro atoms. The van der Waals surface area contributed by atoms with Crippen LogP contribution in [0.4, 0.5) is 5.82 Å². The van der Waals surface area contributed by atoms with Gasteiger partial charge in [-0.2, -0.15) is 5.10 Å². The molecule has 0 aromatic carbocycles. The van der Waals surface area contributed by atoms with Crippen molar-refractivity contribution in [3.05, 3.63) is 24.2 Å². The van der Waals surface area contributed by atoms with E-state index in [1.54, 1.807) is 22.4 Å². The largest absolute Gasteiger partial charge is 0.382 e. The van der Waals surface area contributed by atoms with Gasteiger partial charge < -0.3 is 15.2 Å². The minimum absolute atomic E-state index is 0.110. The van der Waals surface area contributed by atoms with Crippen molar-refractivity contribution < 1.29 is 4.79 Å². The number of aromatic amines is 1. The van der Waals surface area contributed by atoms with Crippen LogP contribution in [0.15, 0.2) is 18.3 Å². The van der Waals surface area contributed by atoms with Crippen molar-refractivity contribution >= 4 is 44.3 Å². The molecule has 0 aliphatic heterocycles. The number of thiophene rings is 1. The van der Waals surface area contributed by atoms with E-state index in [4.69, 9.17) is 10.7 Å². The van der Waals surface area contributed by atoms with E-state index < -0.39 is 0 Å². The molecule has 140 valence electrons. The summed E-state index contributed by atoms with van der Waals surface area (Å²) in [5, 5.41) is 7.00. The van der Waals surface area contributed by atoms with Gasteiger partial charge in [0.2, 0.25) is 5.91 Å². The maximum absolute atomic E-state index is 12.1. The zero-order valence-electron chi connectivity index (χ0n) is 15.5. The monoisotopic (exact) mass is 383 g/mol. The lowest BCUT2D eigenvalue weighted by Gasteiger charge is -2.19. The van der Waals surface area contributed by atoms with Crippen molar-refractivity contribution in [2.75, 3.05) is 12.3 Å². The van der Waals surface area contributed by atoms with Crippen LogP contribution < -0.4 is 5.73 Å². The summed E-state index contributed by atoms with van der Waals surface area (Å²) in [6.45, 7) is 4.93. The SMILES string of the molecule is CCC(=O)N(CC)Cc1nc2c(N)nc3cc(-c4ccn[nH]4)sc3c2n1C. The second-order valence-electron chi connectivity index (χ2n) is 6.34. The Hall–Kier alpha value is -2.94. The molecule has 9 heteroatoms. The van der Waals surface area contributed by atoms with Gasteiger partial charge in [0, 0.05) is 26.2 Å². The molecule has 0 aliphatic carbocycles. The van der Waals surface area contributed by atoms with Crippen LogP contribution in [0.2, 0.25) is 0 Å². The van der Waals surface area contributed by atoms with Crippen LogP contribution in [0.25, 0.3) is 31.8 Å². The number of hydrogen-bond donors (Lipinski definition) is 2. The summed E-state index contributed by atoms with van der Waals surface area (Å²) in [6.07, 6.45) is 2.20. The highest BCUT2D eigenvalue weighted by atomic mass is 32.1. The molecule has 27 heavy (non-hydrogen) atoms. The fourth-order valence-corrected chi connectivity index (χ4v) is 4.39. The van der Waals surface area contributed by atoms with Gasteiger partial charge in [-0.25, -0.2) is 9.97 Å². The Morgan fingerprint density at radius 3 is 2.85 bits per heavy atom. The number of fused-ring (bicyclic) bond motifs is 3. The zero-order valence-corrected chi connectivity index (χ0v) is 16.3. The van der Waals surface area contributed by atoms with Gasteiger partial charge >= 0.3 is 0 Å². The molecule has 4 aromatic rings. The number of aromatic nitrogens is 5. The molecule has 0 aliphatic rings. The van der Waals surface area contributed by atoms with Crippen molar-refractivity contribution in [1.82, 2.24) is 29.6 Å². The van der Waals surface area contributed by atoms with Crippen molar-refractivity contribution in [2.24, 2.45) is 7.05 Å². The molecule has 0 saturated heterocycles. The number of aryl methyl sites for hydroxylation is 1.